The van der Waals surface area contributed by atoms with Crippen LogP contribution in [0.15, 0.2) is 54.6 Å². The van der Waals surface area contributed by atoms with Crippen LogP contribution in [0, 0.1) is 5.82 Å². The van der Waals surface area contributed by atoms with E-state index in [9.17, 15) is 17.6 Å². The summed E-state index contributed by atoms with van der Waals surface area (Å²) in [4.78, 5) is 12.3. The Morgan fingerprint density at radius 2 is 1.62 bits per heavy atom. The molecule has 6 heteroatoms. The number of amides is 1. The zero-order valence-electron chi connectivity index (χ0n) is 13.6. The SMILES string of the molecule is CC(NC(=O)C(C)S(=O)(=O)Cc1ccc(F)cc1)c1ccccc1. The molecule has 2 aromatic carbocycles. The van der Waals surface area contributed by atoms with E-state index in [1.807, 2.05) is 30.3 Å². The van der Waals surface area contributed by atoms with Crippen LogP contribution in [-0.4, -0.2) is 19.6 Å². The van der Waals surface area contributed by atoms with Crippen LogP contribution in [0.25, 0.3) is 0 Å². The lowest BCUT2D eigenvalue weighted by Crippen LogP contribution is -2.39. The van der Waals surface area contributed by atoms with E-state index in [1.54, 1.807) is 6.92 Å². The maximum Gasteiger partial charge on any atom is 0.238 e. The van der Waals surface area contributed by atoms with Gasteiger partial charge in [0.2, 0.25) is 5.91 Å². The van der Waals surface area contributed by atoms with Crippen molar-refractivity contribution >= 4 is 15.7 Å². The van der Waals surface area contributed by atoms with Crippen molar-refractivity contribution < 1.29 is 17.6 Å². The number of rotatable bonds is 6. The molecule has 0 spiro atoms. The smallest absolute Gasteiger partial charge is 0.238 e. The van der Waals surface area contributed by atoms with Gasteiger partial charge < -0.3 is 5.32 Å². The van der Waals surface area contributed by atoms with Crippen LogP contribution in [0.3, 0.4) is 0 Å². The molecule has 0 aliphatic heterocycles. The van der Waals surface area contributed by atoms with Crippen LogP contribution in [-0.2, 0) is 20.4 Å². The summed E-state index contributed by atoms with van der Waals surface area (Å²) in [5, 5.41) is 1.53. The summed E-state index contributed by atoms with van der Waals surface area (Å²) < 4.78 is 37.7. The highest BCUT2D eigenvalue weighted by atomic mass is 32.2. The zero-order valence-corrected chi connectivity index (χ0v) is 14.4. The lowest BCUT2D eigenvalue weighted by atomic mass is 10.1. The monoisotopic (exact) mass is 349 g/mol. The van der Waals surface area contributed by atoms with E-state index in [-0.39, 0.29) is 11.8 Å². The Kier molecular flexibility index (Phi) is 5.72. The molecule has 128 valence electrons. The van der Waals surface area contributed by atoms with Gasteiger partial charge >= 0.3 is 0 Å². The molecule has 0 fully saturated rings. The Morgan fingerprint density at radius 3 is 2.21 bits per heavy atom. The Morgan fingerprint density at radius 1 is 1.04 bits per heavy atom. The van der Waals surface area contributed by atoms with Gasteiger partial charge in [-0.2, -0.15) is 0 Å². The quantitative estimate of drug-likeness (QED) is 0.872. The highest BCUT2D eigenvalue weighted by Gasteiger charge is 2.29. The lowest BCUT2D eigenvalue weighted by molar-refractivity contribution is -0.121. The van der Waals surface area contributed by atoms with E-state index in [0.29, 0.717) is 5.56 Å². The number of carbonyl (C=O) groups is 1. The second-order valence-corrected chi connectivity index (χ2v) is 8.04. The van der Waals surface area contributed by atoms with Crippen LogP contribution in [0.1, 0.15) is 31.0 Å². The molecule has 2 atom stereocenters. The summed E-state index contributed by atoms with van der Waals surface area (Å²) >= 11 is 0. The first-order valence-electron chi connectivity index (χ1n) is 7.61. The molecular weight excluding hydrogens is 329 g/mol. The zero-order chi connectivity index (χ0) is 17.7. The van der Waals surface area contributed by atoms with Crippen molar-refractivity contribution in [1.29, 1.82) is 0 Å². The van der Waals surface area contributed by atoms with Gasteiger partial charge in [-0.3, -0.25) is 4.79 Å². The lowest BCUT2D eigenvalue weighted by Gasteiger charge is -2.18. The molecule has 4 nitrogen and oxygen atoms in total. The largest absolute Gasteiger partial charge is 0.348 e. The van der Waals surface area contributed by atoms with Gasteiger partial charge in [-0.15, -0.1) is 0 Å². The minimum Gasteiger partial charge on any atom is -0.348 e. The van der Waals surface area contributed by atoms with Gasteiger partial charge in [-0.05, 0) is 37.1 Å². The molecule has 0 bridgehead atoms. The molecule has 0 radical (unpaired) electrons. The van der Waals surface area contributed by atoms with Gasteiger partial charge in [0, 0.05) is 0 Å². The Hall–Kier alpha value is -2.21. The minimum absolute atomic E-state index is 0.290. The van der Waals surface area contributed by atoms with Gasteiger partial charge in [-0.25, -0.2) is 12.8 Å². The molecular formula is C18H20FNO3S. The molecule has 0 aliphatic rings. The van der Waals surface area contributed by atoms with Crippen molar-refractivity contribution in [2.24, 2.45) is 0 Å². The molecule has 24 heavy (non-hydrogen) atoms. The summed E-state index contributed by atoms with van der Waals surface area (Å²) in [6.07, 6.45) is 0. The highest BCUT2D eigenvalue weighted by molar-refractivity contribution is 7.92. The molecule has 0 aliphatic carbocycles. The van der Waals surface area contributed by atoms with Crippen molar-refractivity contribution in [3.8, 4) is 0 Å². The van der Waals surface area contributed by atoms with Crippen molar-refractivity contribution in [2.45, 2.75) is 30.9 Å². The van der Waals surface area contributed by atoms with E-state index >= 15 is 0 Å². The van der Waals surface area contributed by atoms with Gasteiger partial charge in [0.1, 0.15) is 11.1 Å². The molecule has 0 saturated heterocycles. The number of sulfone groups is 1. The first kappa shape index (κ1) is 18.1. The molecule has 2 aromatic rings. The molecule has 0 saturated carbocycles. The average molecular weight is 349 g/mol. The van der Waals surface area contributed by atoms with Crippen LogP contribution >= 0.6 is 0 Å². The topological polar surface area (TPSA) is 63.2 Å². The summed E-state index contributed by atoms with van der Waals surface area (Å²) in [6.45, 7) is 3.17. The van der Waals surface area contributed by atoms with Crippen LogP contribution < -0.4 is 5.32 Å². The third kappa shape index (κ3) is 4.64. The van der Waals surface area contributed by atoms with Crippen molar-refractivity contribution in [1.82, 2.24) is 5.32 Å². The summed E-state index contributed by atoms with van der Waals surface area (Å²) in [5.74, 6) is -1.28. The predicted molar refractivity (Wildman–Crippen MR) is 91.5 cm³/mol. The van der Waals surface area contributed by atoms with E-state index in [0.717, 1.165) is 5.56 Å². The Labute approximate surface area is 141 Å². The van der Waals surface area contributed by atoms with Crippen LogP contribution in [0.5, 0.6) is 0 Å². The fourth-order valence-electron chi connectivity index (χ4n) is 2.26. The molecule has 1 N–H and O–H groups in total. The highest BCUT2D eigenvalue weighted by Crippen LogP contribution is 2.15. The van der Waals surface area contributed by atoms with Crippen LogP contribution in [0.2, 0.25) is 0 Å². The van der Waals surface area contributed by atoms with Gasteiger partial charge in [0.15, 0.2) is 9.84 Å². The Balaban J connectivity index is 2.04. The van der Waals surface area contributed by atoms with Crippen LogP contribution in [0.4, 0.5) is 4.39 Å². The van der Waals surface area contributed by atoms with Crippen molar-refractivity contribution in [3.63, 3.8) is 0 Å². The fourth-order valence-corrected chi connectivity index (χ4v) is 3.56. The third-order valence-electron chi connectivity index (χ3n) is 3.85. The van der Waals surface area contributed by atoms with Gasteiger partial charge in [-0.1, -0.05) is 42.5 Å². The second kappa shape index (κ2) is 7.57. The summed E-state index contributed by atoms with van der Waals surface area (Å²) in [5.41, 5.74) is 1.35. The number of hydrogen-bond donors (Lipinski definition) is 1. The van der Waals surface area contributed by atoms with E-state index in [1.165, 1.54) is 31.2 Å². The Bertz CT molecular complexity index is 789. The van der Waals surface area contributed by atoms with Crippen molar-refractivity contribution in [2.75, 3.05) is 0 Å². The number of carbonyl (C=O) groups excluding carboxylic acids is 1. The predicted octanol–water partition coefficient (Wildman–Crippen LogP) is 3.01. The fraction of sp³-hybridized carbons (Fsp3) is 0.278. The van der Waals surface area contributed by atoms with E-state index < -0.39 is 26.8 Å². The van der Waals surface area contributed by atoms with Gasteiger partial charge in [0.25, 0.3) is 0 Å². The third-order valence-corrected chi connectivity index (χ3v) is 5.87. The standard InChI is InChI=1S/C18H20FNO3S/c1-13(16-6-4-3-5-7-16)20-18(21)14(2)24(22,23)12-15-8-10-17(19)11-9-15/h3-11,13-14H,12H2,1-2H3,(H,20,21). The molecule has 2 rings (SSSR count). The first-order valence-corrected chi connectivity index (χ1v) is 9.32. The number of halogens is 1. The molecule has 2 unspecified atom stereocenters. The van der Waals surface area contributed by atoms with Crippen molar-refractivity contribution in [3.05, 3.63) is 71.5 Å². The summed E-state index contributed by atoms with van der Waals surface area (Å²) in [6, 6.07) is 14.2. The second-order valence-electron chi connectivity index (χ2n) is 5.72. The molecule has 0 aromatic heterocycles. The number of nitrogens with one attached hydrogen (secondary N) is 1. The first-order chi connectivity index (χ1) is 11.3. The number of benzene rings is 2. The van der Waals surface area contributed by atoms with Gasteiger partial charge in [0.05, 0.1) is 11.8 Å². The maximum absolute atomic E-state index is 12.9. The minimum atomic E-state index is -3.69. The maximum atomic E-state index is 12.9. The average Bonchev–Trinajstić information content (AvgIpc) is 2.56. The molecule has 0 heterocycles. The van der Waals surface area contributed by atoms with E-state index in [4.69, 9.17) is 0 Å². The number of hydrogen-bond acceptors (Lipinski definition) is 3. The summed E-state index contributed by atoms with van der Waals surface area (Å²) in [7, 11) is -3.69. The van der Waals surface area contributed by atoms with E-state index in [2.05, 4.69) is 5.32 Å². The molecule has 1 amide bonds. The normalized spacial score (nSPS) is 14.0.